The molecule has 0 bridgehead atoms. The van der Waals surface area contributed by atoms with Gasteiger partial charge in [0.1, 0.15) is 33.9 Å². The van der Waals surface area contributed by atoms with Crippen LogP contribution in [-0.4, -0.2) is 68.7 Å². The molecule has 1 fully saturated rings. The average molecular weight is 1020 g/mol. The van der Waals surface area contributed by atoms with E-state index < -0.39 is 59.0 Å². The van der Waals surface area contributed by atoms with Crippen LogP contribution in [0.25, 0.3) is 0 Å². The standard InChI is InChI=1S/C60H51N5O7S2/c1-59(2,3)72-49(66)38-70-64-50(48-40-74-58(61-48)63-60(45-32-16-7-17-33-45,46-34-18-8-19-35-46)47-36-20-9-21-37-47)54(67)62-51-55(68)65-52(44(39-73-56(51)65)31-23-22-26-41-24-10-4-11-25-41)57(69)71-53(42-27-12-5-13-28-42)43-29-14-6-15-30-43/h4-21,23-25,27-37,40,51,53,56H,38-39H2,1-3H3,(H,61,63)(H,62,67)/b31-23+,64-50-/t51-,56-/m1/s1. The van der Waals surface area contributed by atoms with Crippen LogP contribution in [0.2, 0.25) is 0 Å². The third-order valence-corrected chi connectivity index (χ3v) is 14.0. The van der Waals surface area contributed by atoms with E-state index in [0.29, 0.717) is 10.7 Å². The Morgan fingerprint density at radius 3 is 1.84 bits per heavy atom. The van der Waals surface area contributed by atoms with Crippen LogP contribution < -0.4 is 10.6 Å². The normalized spacial score (nSPS) is 15.6. The second kappa shape index (κ2) is 22.9. The molecule has 1 aromatic heterocycles. The lowest BCUT2D eigenvalue weighted by atomic mass is 9.77. The van der Waals surface area contributed by atoms with Crippen LogP contribution in [0.15, 0.2) is 216 Å². The van der Waals surface area contributed by atoms with Crippen molar-refractivity contribution in [2.24, 2.45) is 5.16 Å². The van der Waals surface area contributed by atoms with E-state index in [1.807, 2.05) is 182 Å². The van der Waals surface area contributed by atoms with Crippen LogP contribution >= 0.6 is 23.1 Å². The zero-order valence-corrected chi connectivity index (χ0v) is 42.3. The summed E-state index contributed by atoms with van der Waals surface area (Å²) in [5, 5.41) is 12.1. The highest BCUT2D eigenvalue weighted by molar-refractivity contribution is 8.00. The number of rotatable bonds is 16. The first-order valence-electron chi connectivity index (χ1n) is 23.8. The number of hydrogen-bond acceptors (Lipinski definition) is 12. The number of β-lactam (4-membered cyclic amide) rings is 1. The van der Waals surface area contributed by atoms with Gasteiger partial charge in [-0.15, -0.1) is 23.1 Å². The first kappa shape index (κ1) is 50.4. The minimum atomic E-state index is -1.10. The number of anilines is 1. The number of amides is 2. The Bertz CT molecular complexity index is 3130. The topological polar surface area (TPSA) is 149 Å². The molecule has 12 nitrogen and oxygen atoms in total. The highest BCUT2D eigenvalue weighted by Gasteiger charge is 2.55. The second-order valence-electron chi connectivity index (χ2n) is 18.1. The number of hydrogen-bond donors (Lipinski definition) is 2. The summed E-state index contributed by atoms with van der Waals surface area (Å²) in [5.41, 5.74) is 3.76. The van der Waals surface area contributed by atoms with Gasteiger partial charge in [0.25, 0.3) is 11.8 Å². The smallest absolute Gasteiger partial charge is 0.356 e. The first-order chi connectivity index (χ1) is 36.0. The summed E-state index contributed by atoms with van der Waals surface area (Å²) in [6, 6.07) is 57.1. The van der Waals surface area contributed by atoms with E-state index in [2.05, 4.69) is 27.6 Å². The minimum absolute atomic E-state index is 0.0439. The average Bonchev–Trinajstić information content (AvgIpc) is 3.90. The minimum Gasteiger partial charge on any atom is -0.457 e. The number of ether oxygens (including phenoxy) is 2. The maximum atomic E-state index is 14.7. The van der Waals surface area contributed by atoms with Gasteiger partial charge in [0.2, 0.25) is 6.61 Å². The molecule has 3 heterocycles. The van der Waals surface area contributed by atoms with E-state index in [1.54, 1.807) is 38.3 Å². The summed E-state index contributed by atoms with van der Waals surface area (Å²) in [5.74, 6) is 3.65. The fraction of sp³-hybridized carbons (Fsp3) is 0.167. The zero-order chi connectivity index (χ0) is 51.5. The molecule has 2 amide bonds. The van der Waals surface area contributed by atoms with Crippen molar-refractivity contribution in [1.29, 1.82) is 0 Å². The van der Waals surface area contributed by atoms with Crippen molar-refractivity contribution in [2.75, 3.05) is 17.7 Å². The molecule has 2 aliphatic rings. The summed E-state index contributed by atoms with van der Waals surface area (Å²) in [6.45, 7) is 4.57. The summed E-state index contributed by atoms with van der Waals surface area (Å²) in [7, 11) is 0. The maximum Gasteiger partial charge on any atom is 0.356 e. The van der Waals surface area contributed by atoms with Crippen LogP contribution in [-0.2, 0) is 39.0 Å². The Balaban J connectivity index is 1.03. The molecule has 6 aromatic carbocycles. The van der Waals surface area contributed by atoms with E-state index in [9.17, 15) is 19.2 Å². The molecular weight excluding hydrogens is 967 g/mol. The Morgan fingerprint density at radius 1 is 0.770 bits per heavy atom. The molecule has 14 heteroatoms. The van der Waals surface area contributed by atoms with Crippen LogP contribution in [0, 0.1) is 11.8 Å². The molecule has 2 N–H and O–H groups in total. The van der Waals surface area contributed by atoms with Crippen molar-refractivity contribution in [2.45, 2.75) is 49.4 Å². The van der Waals surface area contributed by atoms with Crippen molar-refractivity contribution in [1.82, 2.24) is 15.2 Å². The number of oxime groups is 1. The third kappa shape index (κ3) is 11.6. The third-order valence-electron chi connectivity index (χ3n) is 11.9. The molecular formula is C60H51N5O7S2. The Morgan fingerprint density at radius 2 is 1.30 bits per heavy atom. The molecule has 2 atom stereocenters. The molecule has 0 unspecified atom stereocenters. The number of fused-ring (bicyclic) bond motifs is 1. The van der Waals surface area contributed by atoms with Gasteiger partial charge >= 0.3 is 11.9 Å². The van der Waals surface area contributed by atoms with Crippen LogP contribution in [0.3, 0.4) is 0 Å². The molecule has 7 aromatic rings. The van der Waals surface area contributed by atoms with Gasteiger partial charge in [0.05, 0.1) is 0 Å². The molecule has 1 saturated heterocycles. The van der Waals surface area contributed by atoms with Crippen molar-refractivity contribution < 1.29 is 33.5 Å². The Labute approximate surface area is 438 Å². The number of thiazole rings is 1. The number of esters is 2. The lowest BCUT2D eigenvalue weighted by Crippen LogP contribution is -2.71. The largest absolute Gasteiger partial charge is 0.457 e. The number of thioether (sulfide) groups is 1. The monoisotopic (exact) mass is 1020 g/mol. The summed E-state index contributed by atoms with van der Waals surface area (Å²) in [6.07, 6.45) is 2.57. The van der Waals surface area contributed by atoms with Crippen LogP contribution in [0.4, 0.5) is 5.13 Å². The summed E-state index contributed by atoms with van der Waals surface area (Å²) < 4.78 is 11.8. The highest BCUT2D eigenvalue weighted by atomic mass is 32.2. The summed E-state index contributed by atoms with van der Waals surface area (Å²) >= 11 is 2.61. The number of carbonyl (C=O) groups is 4. The Hall–Kier alpha value is -8.51. The number of nitrogens with one attached hydrogen (secondary N) is 2. The van der Waals surface area contributed by atoms with Gasteiger partial charge in [-0.3, -0.25) is 14.5 Å². The predicted octanol–water partition coefficient (Wildman–Crippen LogP) is 10.2. The number of nitrogens with zero attached hydrogens (tertiary/aromatic N) is 3. The van der Waals surface area contributed by atoms with Gasteiger partial charge in [-0.05, 0) is 78.4 Å². The summed E-state index contributed by atoms with van der Waals surface area (Å²) in [4.78, 5) is 68.5. The molecule has 9 rings (SSSR count). The van der Waals surface area contributed by atoms with Gasteiger partial charge in [-0.25, -0.2) is 14.6 Å². The Kier molecular flexibility index (Phi) is 15.6. The van der Waals surface area contributed by atoms with E-state index in [-0.39, 0.29) is 22.9 Å². The predicted molar refractivity (Wildman–Crippen MR) is 289 cm³/mol. The zero-order valence-electron chi connectivity index (χ0n) is 40.7. The van der Waals surface area contributed by atoms with Crippen molar-refractivity contribution in [3.05, 3.63) is 250 Å². The molecule has 0 aliphatic carbocycles. The van der Waals surface area contributed by atoms with Gasteiger partial charge in [-0.2, -0.15) is 0 Å². The van der Waals surface area contributed by atoms with Crippen LogP contribution in [0.1, 0.15) is 65.9 Å². The number of aromatic nitrogens is 1. The van der Waals surface area contributed by atoms with Crippen LogP contribution in [0.5, 0.6) is 0 Å². The van der Waals surface area contributed by atoms with Crippen molar-refractivity contribution >= 4 is 57.7 Å². The van der Waals surface area contributed by atoms with E-state index >= 15 is 0 Å². The van der Waals surface area contributed by atoms with E-state index in [4.69, 9.17) is 19.3 Å². The molecule has 370 valence electrons. The van der Waals surface area contributed by atoms with E-state index in [0.717, 1.165) is 33.4 Å². The molecule has 2 aliphatic heterocycles. The number of allylic oxidation sites excluding steroid dienone is 2. The first-order valence-corrected chi connectivity index (χ1v) is 25.8. The SMILES string of the molecule is CC(C)(C)OC(=O)CO/N=C(\C(=O)N[C@@H]1C(=O)N2C(C(=O)OC(c3ccccc3)c3ccccc3)=C(/C=C/C#Cc3ccccc3)CS[C@H]12)c1csc(NC(c2ccccc2)(c2ccccc2)c2ccccc2)n1. The molecule has 0 saturated carbocycles. The van der Waals surface area contributed by atoms with Gasteiger partial charge in [0, 0.05) is 16.7 Å². The van der Waals surface area contributed by atoms with Gasteiger partial charge in [-0.1, -0.05) is 187 Å². The number of carbonyl (C=O) groups excluding carboxylic acids is 4. The fourth-order valence-corrected chi connectivity index (χ4v) is 10.7. The molecule has 74 heavy (non-hydrogen) atoms. The van der Waals surface area contributed by atoms with E-state index in [1.165, 1.54) is 28.0 Å². The van der Waals surface area contributed by atoms with Gasteiger partial charge < -0.3 is 24.9 Å². The highest BCUT2D eigenvalue weighted by Crippen LogP contribution is 2.43. The van der Waals surface area contributed by atoms with Gasteiger partial charge in [0.15, 0.2) is 16.9 Å². The molecule has 0 radical (unpaired) electrons. The maximum absolute atomic E-state index is 14.7. The lowest BCUT2D eigenvalue weighted by Gasteiger charge is -2.49. The quantitative estimate of drug-likeness (QED) is 0.0239. The van der Waals surface area contributed by atoms with Crippen molar-refractivity contribution in [3.8, 4) is 11.8 Å². The fourth-order valence-electron chi connectivity index (χ4n) is 8.61. The number of benzene rings is 6. The second-order valence-corrected chi connectivity index (χ2v) is 20.1. The van der Waals surface area contributed by atoms with Crippen molar-refractivity contribution in [3.63, 3.8) is 0 Å². The molecule has 0 spiro atoms. The lowest BCUT2D eigenvalue weighted by molar-refractivity contribution is -0.160.